The lowest BCUT2D eigenvalue weighted by molar-refractivity contribution is 0.0726. The maximum atomic E-state index is 12.7. The van der Waals surface area contributed by atoms with Gasteiger partial charge in [-0.3, -0.25) is 4.79 Å². The van der Waals surface area contributed by atoms with Crippen molar-refractivity contribution in [1.29, 1.82) is 0 Å². The third kappa shape index (κ3) is 2.73. The van der Waals surface area contributed by atoms with Gasteiger partial charge >= 0.3 is 0 Å². The molecule has 0 saturated heterocycles. The number of hydrogen-bond donors (Lipinski definition) is 0. The maximum Gasteiger partial charge on any atom is 0.254 e. The molecule has 1 amide bonds. The molecular weight excluding hydrogens is 262 g/mol. The Morgan fingerprint density at radius 2 is 1.95 bits per heavy atom. The van der Waals surface area contributed by atoms with Gasteiger partial charge in [0.25, 0.3) is 5.91 Å². The standard InChI is InChI=1S/C18H21NO2/c1-13(17-8-5-11-21-17)19(2)18(20)16-10-9-14-6-3-4-7-15(14)12-16/h5,8-13H,3-4,6-7H2,1-2H3. The first-order chi connectivity index (χ1) is 10.2. The van der Waals surface area contributed by atoms with E-state index in [1.807, 2.05) is 32.2 Å². The predicted octanol–water partition coefficient (Wildman–Crippen LogP) is 3.99. The van der Waals surface area contributed by atoms with Crippen molar-refractivity contribution in [3.63, 3.8) is 0 Å². The molecule has 3 rings (SSSR count). The number of benzene rings is 1. The van der Waals surface area contributed by atoms with Crippen molar-refractivity contribution in [2.24, 2.45) is 0 Å². The first-order valence-corrected chi connectivity index (χ1v) is 7.59. The van der Waals surface area contributed by atoms with Crippen LogP contribution in [-0.4, -0.2) is 17.9 Å². The predicted molar refractivity (Wildman–Crippen MR) is 82.3 cm³/mol. The fraction of sp³-hybridized carbons (Fsp3) is 0.389. The summed E-state index contributed by atoms with van der Waals surface area (Å²) in [7, 11) is 1.83. The third-order valence-corrected chi connectivity index (χ3v) is 4.45. The molecule has 1 aromatic heterocycles. The van der Waals surface area contributed by atoms with E-state index < -0.39 is 0 Å². The zero-order valence-electron chi connectivity index (χ0n) is 12.6. The number of fused-ring (bicyclic) bond motifs is 1. The van der Waals surface area contributed by atoms with Gasteiger partial charge in [0.15, 0.2) is 0 Å². The van der Waals surface area contributed by atoms with E-state index in [9.17, 15) is 4.79 Å². The van der Waals surface area contributed by atoms with E-state index in [2.05, 4.69) is 12.1 Å². The van der Waals surface area contributed by atoms with E-state index in [0.29, 0.717) is 0 Å². The lowest BCUT2D eigenvalue weighted by Gasteiger charge is -2.24. The topological polar surface area (TPSA) is 33.5 Å². The highest BCUT2D eigenvalue weighted by Gasteiger charge is 2.21. The minimum atomic E-state index is -0.0662. The molecular formula is C18H21NO2. The highest BCUT2D eigenvalue weighted by Crippen LogP contribution is 2.25. The maximum absolute atomic E-state index is 12.7. The SMILES string of the molecule is CC(c1ccco1)N(C)C(=O)c1ccc2c(c1)CCCC2. The Hall–Kier alpha value is -2.03. The summed E-state index contributed by atoms with van der Waals surface area (Å²) in [5, 5.41) is 0. The number of carbonyl (C=O) groups excluding carboxylic acids is 1. The molecule has 110 valence electrons. The minimum Gasteiger partial charge on any atom is -0.467 e. The number of rotatable bonds is 3. The number of amides is 1. The highest BCUT2D eigenvalue weighted by atomic mass is 16.3. The first-order valence-electron chi connectivity index (χ1n) is 7.59. The van der Waals surface area contributed by atoms with Gasteiger partial charge in [-0.25, -0.2) is 0 Å². The monoisotopic (exact) mass is 283 g/mol. The lowest BCUT2D eigenvalue weighted by atomic mass is 9.90. The Balaban J connectivity index is 1.81. The van der Waals surface area contributed by atoms with Crippen molar-refractivity contribution in [3.05, 3.63) is 59.0 Å². The molecule has 0 radical (unpaired) electrons. The Labute approximate surface area is 125 Å². The molecule has 0 aliphatic heterocycles. The van der Waals surface area contributed by atoms with Crippen LogP contribution < -0.4 is 0 Å². The first kappa shape index (κ1) is 13.9. The van der Waals surface area contributed by atoms with Gasteiger partial charge in [0, 0.05) is 12.6 Å². The van der Waals surface area contributed by atoms with Gasteiger partial charge < -0.3 is 9.32 Å². The van der Waals surface area contributed by atoms with Crippen LogP contribution in [0.15, 0.2) is 41.0 Å². The van der Waals surface area contributed by atoms with Gasteiger partial charge in [-0.05, 0) is 68.0 Å². The van der Waals surface area contributed by atoms with Gasteiger partial charge in [-0.2, -0.15) is 0 Å². The summed E-state index contributed by atoms with van der Waals surface area (Å²) < 4.78 is 5.40. The van der Waals surface area contributed by atoms with Gasteiger partial charge in [0.1, 0.15) is 5.76 Å². The Morgan fingerprint density at radius 3 is 2.67 bits per heavy atom. The summed E-state index contributed by atoms with van der Waals surface area (Å²) >= 11 is 0. The van der Waals surface area contributed by atoms with E-state index in [-0.39, 0.29) is 11.9 Å². The Morgan fingerprint density at radius 1 is 1.19 bits per heavy atom. The van der Waals surface area contributed by atoms with Crippen molar-refractivity contribution in [1.82, 2.24) is 4.90 Å². The second-order valence-electron chi connectivity index (χ2n) is 5.80. The van der Waals surface area contributed by atoms with Crippen LogP contribution in [-0.2, 0) is 12.8 Å². The van der Waals surface area contributed by atoms with Crippen molar-refractivity contribution in [2.75, 3.05) is 7.05 Å². The molecule has 0 fully saturated rings. The molecule has 0 spiro atoms. The van der Waals surface area contributed by atoms with Crippen LogP contribution in [0.25, 0.3) is 0 Å². The summed E-state index contributed by atoms with van der Waals surface area (Å²) in [6, 6.07) is 9.83. The Bertz CT molecular complexity index is 631. The molecule has 1 unspecified atom stereocenters. The fourth-order valence-corrected chi connectivity index (χ4v) is 2.97. The van der Waals surface area contributed by atoms with Crippen molar-refractivity contribution >= 4 is 5.91 Å². The molecule has 1 aliphatic rings. The average Bonchev–Trinajstić information content (AvgIpc) is 3.06. The second kappa shape index (κ2) is 5.76. The van der Waals surface area contributed by atoms with E-state index in [1.54, 1.807) is 11.2 Å². The van der Waals surface area contributed by atoms with Crippen molar-refractivity contribution < 1.29 is 9.21 Å². The molecule has 1 aliphatic carbocycles. The normalized spacial score (nSPS) is 15.3. The smallest absolute Gasteiger partial charge is 0.254 e. The summed E-state index contributed by atoms with van der Waals surface area (Å²) in [6.45, 7) is 1.98. The lowest BCUT2D eigenvalue weighted by Crippen LogP contribution is -2.29. The zero-order valence-corrected chi connectivity index (χ0v) is 12.6. The second-order valence-corrected chi connectivity index (χ2v) is 5.80. The quantitative estimate of drug-likeness (QED) is 0.853. The van der Waals surface area contributed by atoms with Crippen molar-refractivity contribution in [3.8, 4) is 0 Å². The van der Waals surface area contributed by atoms with Crippen LogP contribution in [0.1, 0.15) is 53.1 Å². The van der Waals surface area contributed by atoms with Crippen LogP contribution >= 0.6 is 0 Å². The van der Waals surface area contributed by atoms with E-state index in [0.717, 1.165) is 24.2 Å². The molecule has 3 heteroatoms. The number of hydrogen-bond acceptors (Lipinski definition) is 2. The Kier molecular flexibility index (Phi) is 3.82. The summed E-state index contributed by atoms with van der Waals surface area (Å²) in [5.74, 6) is 0.857. The van der Waals surface area contributed by atoms with Gasteiger partial charge in [-0.15, -0.1) is 0 Å². The van der Waals surface area contributed by atoms with Crippen LogP contribution in [0, 0.1) is 0 Å². The van der Waals surface area contributed by atoms with Gasteiger partial charge in [0.2, 0.25) is 0 Å². The summed E-state index contributed by atoms with van der Waals surface area (Å²) in [5.41, 5.74) is 3.52. The van der Waals surface area contributed by atoms with E-state index in [1.165, 1.54) is 24.0 Å². The van der Waals surface area contributed by atoms with Gasteiger partial charge in [0.05, 0.1) is 12.3 Å². The molecule has 1 atom stereocenters. The number of aryl methyl sites for hydroxylation is 2. The van der Waals surface area contributed by atoms with Crippen LogP contribution in [0.3, 0.4) is 0 Å². The molecule has 3 nitrogen and oxygen atoms in total. The van der Waals surface area contributed by atoms with Crippen molar-refractivity contribution in [2.45, 2.75) is 38.6 Å². The van der Waals surface area contributed by atoms with E-state index >= 15 is 0 Å². The van der Waals surface area contributed by atoms with Crippen LogP contribution in [0.4, 0.5) is 0 Å². The third-order valence-electron chi connectivity index (χ3n) is 4.45. The molecule has 0 N–H and O–H groups in total. The highest BCUT2D eigenvalue weighted by molar-refractivity contribution is 5.94. The largest absolute Gasteiger partial charge is 0.467 e. The van der Waals surface area contributed by atoms with Crippen LogP contribution in [0.5, 0.6) is 0 Å². The summed E-state index contributed by atoms with van der Waals surface area (Å²) in [6.07, 6.45) is 6.36. The molecule has 1 aromatic carbocycles. The van der Waals surface area contributed by atoms with Gasteiger partial charge in [-0.1, -0.05) is 6.07 Å². The summed E-state index contributed by atoms with van der Waals surface area (Å²) in [4.78, 5) is 14.4. The fourth-order valence-electron chi connectivity index (χ4n) is 2.97. The number of furan rings is 1. The van der Waals surface area contributed by atoms with E-state index in [4.69, 9.17) is 4.42 Å². The molecule has 0 bridgehead atoms. The molecule has 21 heavy (non-hydrogen) atoms. The number of nitrogens with zero attached hydrogens (tertiary/aromatic N) is 1. The number of carbonyl (C=O) groups is 1. The molecule has 2 aromatic rings. The molecule has 0 saturated carbocycles. The molecule has 1 heterocycles. The van der Waals surface area contributed by atoms with Crippen LogP contribution in [0.2, 0.25) is 0 Å². The minimum absolute atomic E-state index is 0.0484. The zero-order chi connectivity index (χ0) is 14.8. The average molecular weight is 283 g/mol.